The second kappa shape index (κ2) is 12.2. The van der Waals surface area contributed by atoms with Crippen LogP contribution in [-0.2, 0) is 27.3 Å². The van der Waals surface area contributed by atoms with E-state index in [2.05, 4.69) is 38.4 Å². The summed E-state index contributed by atoms with van der Waals surface area (Å²) in [7, 11) is 0. The summed E-state index contributed by atoms with van der Waals surface area (Å²) in [5, 5.41) is 19.3. The van der Waals surface area contributed by atoms with E-state index in [1.807, 2.05) is 23.6 Å². The fraction of sp³-hybridized carbons (Fsp3) is 0.516. The molecular formula is C31H38N6O3S. The van der Waals surface area contributed by atoms with Crippen molar-refractivity contribution in [3.05, 3.63) is 52.3 Å². The Morgan fingerprint density at radius 2 is 1.83 bits per heavy atom. The summed E-state index contributed by atoms with van der Waals surface area (Å²) in [5.74, 6) is -0.696. The Morgan fingerprint density at radius 3 is 2.59 bits per heavy atom. The molecule has 0 bridgehead atoms. The van der Waals surface area contributed by atoms with Crippen molar-refractivity contribution in [3.63, 3.8) is 0 Å². The first-order valence-electron chi connectivity index (χ1n) is 14.9. The number of hydrogen-bond donors (Lipinski definition) is 3. The highest BCUT2D eigenvalue weighted by molar-refractivity contribution is 7.10. The van der Waals surface area contributed by atoms with Gasteiger partial charge < -0.3 is 10.6 Å². The van der Waals surface area contributed by atoms with Crippen LogP contribution in [0.25, 0.3) is 11.3 Å². The molecule has 1 atom stereocenters. The van der Waals surface area contributed by atoms with Crippen molar-refractivity contribution >= 4 is 34.7 Å². The SMILES string of the molecule is O=C1CCC(n2cc(-c3csc(CC(=O)Nc4ccc(CNC5CCC6(CCCCC6)CC5)cc4)c3)nn2)C(=O)N1. The van der Waals surface area contributed by atoms with Crippen molar-refractivity contribution in [2.24, 2.45) is 5.41 Å². The molecule has 10 heteroatoms. The number of benzene rings is 1. The Kier molecular flexibility index (Phi) is 8.30. The lowest BCUT2D eigenvalue weighted by Gasteiger charge is -2.43. The van der Waals surface area contributed by atoms with Gasteiger partial charge in [0, 0.05) is 40.5 Å². The van der Waals surface area contributed by atoms with Gasteiger partial charge in [0.15, 0.2) is 0 Å². The zero-order valence-corrected chi connectivity index (χ0v) is 24.2. The van der Waals surface area contributed by atoms with Gasteiger partial charge in [0.2, 0.25) is 11.8 Å². The van der Waals surface area contributed by atoms with Crippen molar-refractivity contribution in [1.29, 1.82) is 0 Å². The number of rotatable bonds is 8. The molecule has 2 aliphatic carbocycles. The van der Waals surface area contributed by atoms with Gasteiger partial charge in [-0.15, -0.1) is 16.4 Å². The van der Waals surface area contributed by atoms with E-state index >= 15 is 0 Å². The molecule has 9 nitrogen and oxygen atoms in total. The number of piperidine rings is 1. The highest BCUT2D eigenvalue weighted by atomic mass is 32.1. The van der Waals surface area contributed by atoms with Crippen LogP contribution in [0.5, 0.6) is 0 Å². The Hall–Kier alpha value is -3.37. The highest BCUT2D eigenvalue weighted by Gasteiger charge is 2.36. The van der Waals surface area contributed by atoms with Crippen molar-refractivity contribution in [2.75, 3.05) is 5.32 Å². The quantitative estimate of drug-likeness (QED) is 0.321. The van der Waals surface area contributed by atoms with E-state index in [0.29, 0.717) is 23.6 Å². The van der Waals surface area contributed by atoms with Gasteiger partial charge in [-0.05, 0) is 74.1 Å². The highest BCUT2D eigenvalue weighted by Crippen LogP contribution is 2.47. The number of aromatic nitrogens is 3. The minimum atomic E-state index is -0.541. The first-order chi connectivity index (χ1) is 19.9. The zero-order chi connectivity index (χ0) is 28.2. The van der Waals surface area contributed by atoms with E-state index < -0.39 is 6.04 Å². The molecule has 3 heterocycles. The largest absolute Gasteiger partial charge is 0.326 e. The summed E-state index contributed by atoms with van der Waals surface area (Å²) in [5.41, 5.74) is 4.15. The van der Waals surface area contributed by atoms with E-state index in [1.165, 1.54) is 79.4 Å². The number of carbonyl (C=O) groups excluding carboxylic acids is 3. The summed E-state index contributed by atoms with van der Waals surface area (Å²) >= 11 is 1.49. The number of thiophene rings is 1. The Bertz CT molecular complexity index is 1380. The maximum Gasteiger partial charge on any atom is 0.251 e. The van der Waals surface area contributed by atoms with Gasteiger partial charge >= 0.3 is 0 Å². The minimum absolute atomic E-state index is 0.0738. The summed E-state index contributed by atoms with van der Waals surface area (Å²) in [4.78, 5) is 37.2. The van der Waals surface area contributed by atoms with Gasteiger partial charge in [0.1, 0.15) is 11.7 Å². The van der Waals surface area contributed by atoms with E-state index in [9.17, 15) is 14.4 Å². The Balaban J connectivity index is 0.957. The number of hydrogen-bond acceptors (Lipinski definition) is 7. The second-order valence-electron chi connectivity index (χ2n) is 12.0. The number of nitrogens with one attached hydrogen (secondary N) is 3. The Morgan fingerprint density at radius 1 is 1.05 bits per heavy atom. The third-order valence-electron chi connectivity index (χ3n) is 9.12. The number of imide groups is 1. The van der Waals surface area contributed by atoms with Crippen LogP contribution < -0.4 is 16.0 Å². The molecule has 3 fully saturated rings. The minimum Gasteiger partial charge on any atom is -0.326 e. The van der Waals surface area contributed by atoms with E-state index in [0.717, 1.165) is 22.7 Å². The smallest absolute Gasteiger partial charge is 0.251 e. The lowest BCUT2D eigenvalue weighted by Crippen LogP contribution is -2.41. The van der Waals surface area contributed by atoms with Gasteiger partial charge in [0.05, 0.1) is 12.6 Å². The molecule has 216 valence electrons. The van der Waals surface area contributed by atoms with Crippen molar-refractivity contribution in [1.82, 2.24) is 25.6 Å². The lowest BCUT2D eigenvalue weighted by molar-refractivity contribution is -0.136. The molecule has 1 aromatic carbocycles. The first kappa shape index (κ1) is 27.8. The van der Waals surface area contributed by atoms with Crippen LogP contribution in [-0.4, -0.2) is 38.8 Å². The molecule has 1 aliphatic heterocycles. The molecule has 3 aliphatic rings. The van der Waals surface area contributed by atoms with Crippen molar-refractivity contribution < 1.29 is 14.4 Å². The molecule has 6 rings (SSSR count). The summed E-state index contributed by atoms with van der Waals surface area (Å²) < 4.78 is 1.50. The van der Waals surface area contributed by atoms with E-state index in [4.69, 9.17) is 0 Å². The molecule has 1 saturated heterocycles. The van der Waals surface area contributed by atoms with Crippen molar-refractivity contribution in [2.45, 2.75) is 95.7 Å². The summed E-state index contributed by atoms with van der Waals surface area (Å²) in [6.45, 7) is 0.859. The fourth-order valence-electron chi connectivity index (χ4n) is 6.67. The predicted octanol–water partition coefficient (Wildman–Crippen LogP) is 5.15. The first-order valence-corrected chi connectivity index (χ1v) is 15.8. The fourth-order valence-corrected chi connectivity index (χ4v) is 7.55. The second-order valence-corrected chi connectivity index (χ2v) is 13.0. The molecular weight excluding hydrogens is 536 g/mol. The number of amides is 3. The van der Waals surface area contributed by atoms with Crippen molar-refractivity contribution in [3.8, 4) is 11.3 Å². The maximum absolute atomic E-state index is 12.7. The maximum atomic E-state index is 12.7. The van der Waals surface area contributed by atoms with E-state index in [1.54, 1.807) is 6.20 Å². The van der Waals surface area contributed by atoms with Crippen LogP contribution in [0.2, 0.25) is 0 Å². The van der Waals surface area contributed by atoms with Gasteiger partial charge in [-0.1, -0.05) is 36.6 Å². The average Bonchev–Trinajstić information content (AvgIpc) is 3.64. The normalized spacial score (nSPS) is 21.1. The van der Waals surface area contributed by atoms with Crippen LogP contribution >= 0.6 is 11.3 Å². The van der Waals surface area contributed by atoms with Crippen LogP contribution in [0, 0.1) is 5.41 Å². The van der Waals surface area contributed by atoms with Gasteiger partial charge in [-0.2, -0.15) is 0 Å². The number of carbonyl (C=O) groups is 3. The summed E-state index contributed by atoms with van der Waals surface area (Å²) in [6, 6.07) is 10.1. The average molecular weight is 575 g/mol. The monoisotopic (exact) mass is 574 g/mol. The topological polar surface area (TPSA) is 118 Å². The number of anilines is 1. The predicted molar refractivity (Wildman–Crippen MR) is 158 cm³/mol. The van der Waals surface area contributed by atoms with Crippen LogP contribution in [0.4, 0.5) is 5.69 Å². The summed E-state index contributed by atoms with van der Waals surface area (Å²) in [6.07, 6.45) is 15.1. The molecule has 1 spiro atoms. The van der Waals surface area contributed by atoms with E-state index in [-0.39, 0.29) is 30.6 Å². The molecule has 0 radical (unpaired) electrons. The Labute approximate surface area is 244 Å². The van der Waals surface area contributed by atoms with Gasteiger partial charge in [-0.25, -0.2) is 4.68 Å². The lowest BCUT2D eigenvalue weighted by atomic mass is 9.64. The molecule has 3 amide bonds. The molecule has 41 heavy (non-hydrogen) atoms. The molecule has 3 aromatic rings. The standard InChI is InChI=1S/C31H38N6O3S/c38-28-9-8-27(30(40)34-28)37-19-26(35-36-37)22-16-25(41-20-22)17-29(39)33-24-6-4-21(5-7-24)18-32-23-10-14-31(15-11-23)12-2-1-3-13-31/h4-7,16,19-20,23,27,32H,1-3,8-15,17-18H2,(H,33,39)(H,34,38,40). The van der Waals surface area contributed by atoms with Crippen LogP contribution in [0.1, 0.15) is 87.1 Å². The number of nitrogens with zero attached hydrogens (tertiary/aromatic N) is 3. The zero-order valence-electron chi connectivity index (χ0n) is 23.4. The van der Waals surface area contributed by atoms with Gasteiger partial charge in [0.25, 0.3) is 5.91 Å². The third-order valence-corrected chi connectivity index (χ3v) is 10.1. The molecule has 2 aromatic heterocycles. The van der Waals surface area contributed by atoms with Gasteiger partial charge in [-0.3, -0.25) is 19.7 Å². The molecule has 1 unspecified atom stereocenters. The van der Waals surface area contributed by atoms with Crippen LogP contribution in [0.3, 0.4) is 0 Å². The third kappa shape index (κ3) is 6.76. The molecule has 2 saturated carbocycles. The van der Waals surface area contributed by atoms with Crippen LogP contribution in [0.15, 0.2) is 41.9 Å². The molecule has 3 N–H and O–H groups in total.